The first-order chi connectivity index (χ1) is 9.51. The van der Waals surface area contributed by atoms with Gasteiger partial charge in [-0.05, 0) is 0 Å². The summed E-state index contributed by atoms with van der Waals surface area (Å²) in [7, 11) is -2.17. The third-order valence-corrected chi connectivity index (χ3v) is 3.70. The fraction of sp³-hybridized carbons (Fsp3) is 0.300. The van der Waals surface area contributed by atoms with Gasteiger partial charge >= 0.3 is 0 Å². The quantitative estimate of drug-likeness (QED) is 0.750. The molecule has 0 spiro atoms. The van der Waals surface area contributed by atoms with Crippen molar-refractivity contribution in [2.75, 3.05) is 24.2 Å². The van der Waals surface area contributed by atoms with Crippen LogP contribution in [0.1, 0.15) is 0 Å². The molecule has 0 amide bonds. The lowest BCUT2D eigenvalue weighted by molar-refractivity contribution is 0.183. The second-order valence-corrected chi connectivity index (χ2v) is 5.55. The van der Waals surface area contributed by atoms with Crippen LogP contribution in [0.25, 0.3) is 0 Å². The molecule has 0 aliphatic carbocycles. The first-order valence-corrected chi connectivity index (χ1v) is 7.11. The highest BCUT2D eigenvalue weighted by molar-refractivity contribution is 7.92. The lowest BCUT2D eigenvalue weighted by Gasteiger charge is -2.05. The van der Waals surface area contributed by atoms with Gasteiger partial charge in [0.05, 0.1) is 37.4 Å². The molecule has 10 heteroatoms. The number of rotatable bonds is 6. The number of ether oxygens (including phenoxy) is 1. The Morgan fingerprint density at radius 1 is 1.35 bits per heavy atom. The lowest BCUT2D eigenvalue weighted by Crippen LogP contribution is -2.13. The van der Waals surface area contributed by atoms with E-state index < -0.39 is 10.0 Å². The van der Waals surface area contributed by atoms with Crippen LogP contribution in [0.15, 0.2) is 29.7 Å². The Balaban J connectivity index is 2.12. The van der Waals surface area contributed by atoms with Crippen LogP contribution in [0.4, 0.5) is 11.6 Å². The molecule has 0 aliphatic rings. The molecule has 0 atom stereocenters. The summed E-state index contributed by atoms with van der Waals surface area (Å²) >= 11 is 0. The van der Waals surface area contributed by atoms with E-state index in [-0.39, 0.29) is 10.8 Å². The SMILES string of the molecule is COCCn1cc(NS(=O)(=O)c2cnc(N)nc2)cn1. The maximum absolute atomic E-state index is 12.0. The predicted molar refractivity (Wildman–Crippen MR) is 71.4 cm³/mol. The summed E-state index contributed by atoms with van der Waals surface area (Å²) in [5, 5.41) is 4.00. The Hall–Kier alpha value is -2.20. The summed E-state index contributed by atoms with van der Waals surface area (Å²) in [6.07, 6.45) is 5.25. The van der Waals surface area contributed by atoms with Gasteiger partial charge in [-0.25, -0.2) is 18.4 Å². The van der Waals surface area contributed by atoms with Crippen LogP contribution in [0.2, 0.25) is 0 Å². The van der Waals surface area contributed by atoms with Gasteiger partial charge in [-0.2, -0.15) is 5.10 Å². The Morgan fingerprint density at radius 2 is 2.05 bits per heavy atom. The summed E-state index contributed by atoms with van der Waals surface area (Å²) in [4.78, 5) is 7.21. The van der Waals surface area contributed by atoms with Gasteiger partial charge in [-0.15, -0.1) is 0 Å². The first-order valence-electron chi connectivity index (χ1n) is 5.63. The smallest absolute Gasteiger partial charge is 0.265 e. The Labute approximate surface area is 115 Å². The zero-order valence-electron chi connectivity index (χ0n) is 10.7. The molecule has 0 fully saturated rings. The van der Waals surface area contributed by atoms with E-state index >= 15 is 0 Å². The molecule has 2 aromatic heterocycles. The van der Waals surface area contributed by atoms with Gasteiger partial charge < -0.3 is 10.5 Å². The highest BCUT2D eigenvalue weighted by Gasteiger charge is 2.16. The largest absolute Gasteiger partial charge is 0.383 e. The zero-order chi connectivity index (χ0) is 14.6. The summed E-state index contributed by atoms with van der Waals surface area (Å²) in [5.74, 6) is 0.0105. The Kier molecular flexibility index (Phi) is 4.15. The van der Waals surface area contributed by atoms with Gasteiger partial charge in [-0.1, -0.05) is 0 Å². The molecule has 0 saturated heterocycles. The third kappa shape index (κ3) is 3.42. The van der Waals surface area contributed by atoms with Gasteiger partial charge in [-0.3, -0.25) is 9.40 Å². The molecule has 9 nitrogen and oxygen atoms in total. The second kappa shape index (κ2) is 5.84. The van der Waals surface area contributed by atoms with Crippen molar-refractivity contribution in [1.82, 2.24) is 19.7 Å². The molecule has 2 aromatic rings. The number of aromatic nitrogens is 4. The zero-order valence-corrected chi connectivity index (χ0v) is 11.5. The van der Waals surface area contributed by atoms with Crippen molar-refractivity contribution < 1.29 is 13.2 Å². The van der Waals surface area contributed by atoms with Crippen LogP contribution in [0.3, 0.4) is 0 Å². The monoisotopic (exact) mass is 298 g/mol. The molecule has 2 heterocycles. The summed E-state index contributed by atoms with van der Waals surface area (Å²) in [5.41, 5.74) is 5.66. The van der Waals surface area contributed by atoms with Crippen molar-refractivity contribution in [1.29, 1.82) is 0 Å². The number of nitrogens with two attached hydrogens (primary N) is 1. The van der Waals surface area contributed by atoms with Crippen molar-refractivity contribution in [3.63, 3.8) is 0 Å². The average molecular weight is 298 g/mol. The highest BCUT2D eigenvalue weighted by Crippen LogP contribution is 2.14. The van der Waals surface area contributed by atoms with Crippen LogP contribution >= 0.6 is 0 Å². The molecular weight excluding hydrogens is 284 g/mol. The maximum Gasteiger partial charge on any atom is 0.265 e. The lowest BCUT2D eigenvalue weighted by atomic mass is 10.6. The summed E-state index contributed by atoms with van der Waals surface area (Å²) < 4.78 is 32.9. The van der Waals surface area contributed by atoms with E-state index in [4.69, 9.17) is 10.5 Å². The summed E-state index contributed by atoms with van der Waals surface area (Å²) in [6.45, 7) is 1.02. The van der Waals surface area contributed by atoms with E-state index in [9.17, 15) is 8.42 Å². The van der Waals surface area contributed by atoms with E-state index in [2.05, 4.69) is 19.8 Å². The number of nitrogen functional groups attached to an aromatic ring is 1. The van der Waals surface area contributed by atoms with Gasteiger partial charge in [0.2, 0.25) is 5.95 Å². The number of nitrogens with one attached hydrogen (secondary N) is 1. The van der Waals surface area contributed by atoms with Gasteiger partial charge in [0.1, 0.15) is 4.90 Å². The number of methoxy groups -OCH3 is 1. The molecule has 0 aliphatic heterocycles. The second-order valence-electron chi connectivity index (χ2n) is 3.87. The van der Waals surface area contributed by atoms with Crippen molar-refractivity contribution >= 4 is 21.7 Å². The van der Waals surface area contributed by atoms with Gasteiger partial charge in [0.25, 0.3) is 10.0 Å². The molecule has 20 heavy (non-hydrogen) atoms. The molecule has 0 saturated carbocycles. The molecule has 0 radical (unpaired) electrons. The Bertz CT molecular complexity index is 667. The van der Waals surface area contributed by atoms with Crippen molar-refractivity contribution in [2.45, 2.75) is 11.4 Å². The molecule has 0 aromatic carbocycles. The normalized spacial score (nSPS) is 11.4. The van der Waals surface area contributed by atoms with E-state index in [1.807, 2.05) is 0 Å². The van der Waals surface area contributed by atoms with Gasteiger partial charge in [0.15, 0.2) is 0 Å². The number of sulfonamides is 1. The number of hydrogen-bond acceptors (Lipinski definition) is 7. The van der Waals surface area contributed by atoms with Crippen molar-refractivity contribution in [3.8, 4) is 0 Å². The fourth-order valence-corrected chi connectivity index (χ4v) is 2.32. The van der Waals surface area contributed by atoms with E-state index in [0.29, 0.717) is 18.8 Å². The molecule has 2 rings (SSSR count). The summed E-state index contributed by atoms with van der Waals surface area (Å²) in [6, 6.07) is 0. The number of anilines is 2. The molecule has 0 unspecified atom stereocenters. The standard InChI is InChI=1S/C10H14N6O3S/c1-19-3-2-16-7-8(4-14-16)15-20(17,18)9-5-12-10(11)13-6-9/h4-7,15H,2-3H2,1H3,(H2,11,12,13). The third-order valence-electron chi connectivity index (χ3n) is 2.37. The molecule has 108 valence electrons. The highest BCUT2D eigenvalue weighted by atomic mass is 32.2. The molecule has 3 N–H and O–H groups in total. The first kappa shape index (κ1) is 14.2. The van der Waals surface area contributed by atoms with Gasteiger partial charge in [0, 0.05) is 13.3 Å². The van der Waals surface area contributed by atoms with E-state index in [1.165, 1.54) is 6.20 Å². The topological polar surface area (TPSA) is 125 Å². The molecular formula is C10H14N6O3S. The van der Waals surface area contributed by atoms with Crippen LogP contribution in [0.5, 0.6) is 0 Å². The van der Waals surface area contributed by atoms with Crippen LogP contribution in [-0.2, 0) is 21.3 Å². The predicted octanol–water partition coefficient (Wildman–Crippen LogP) is -0.297. The average Bonchev–Trinajstić information content (AvgIpc) is 2.83. The minimum Gasteiger partial charge on any atom is -0.383 e. The molecule has 0 bridgehead atoms. The van der Waals surface area contributed by atoms with Crippen LogP contribution < -0.4 is 10.5 Å². The number of nitrogens with zero attached hydrogens (tertiary/aromatic N) is 4. The fourth-order valence-electron chi connectivity index (χ4n) is 1.40. The minimum atomic E-state index is -3.75. The Morgan fingerprint density at radius 3 is 2.70 bits per heavy atom. The van der Waals surface area contributed by atoms with Crippen molar-refractivity contribution in [2.24, 2.45) is 0 Å². The number of hydrogen-bond donors (Lipinski definition) is 2. The minimum absolute atomic E-state index is 0.0105. The van der Waals surface area contributed by atoms with Crippen LogP contribution in [0, 0.1) is 0 Å². The maximum atomic E-state index is 12.0. The van der Waals surface area contributed by atoms with E-state index in [1.54, 1.807) is 18.0 Å². The van der Waals surface area contributed by atoms with Crippen molar-refractivity contribution in [3.05, 3.63) is 24.8 Å². The van der Waals surface area contributed by atoms with E-state index in [0.717, 1.165) is 12.4 Å². The van der Waals surface area contributed by atoms with Crippen LogP contribution in [-0.4, -0.2) is 41.9 Å².